The van der Waals surface area contributed by atoms with Gasteiger partial charge in [0.05, 0.1) is 10.6 Å². The lowest BCUT2D eigenvalue weighted by atomic mass is 10.1. The van der Waals surface area contributed by atoms with Crippen molar-refractivity contribution in [3.63, 3.8) is 0 Å². The van der Waals surface area contributed by atoms with Gasteiger partial charge in [-0.3, -0.25) is 9.59 Å². The van der Waals surface area contributed by atoms with Gasteiger partial charge in [-0.15, -0.1) is 16.4 Å². The van der Waals surface area contributed by atoms with Crippen LogP contribution in [0.1, 0.15) is 23.1 Å². The minimum absolute atomic E-state index is 0.0305. The van der Waals surface area contributed by atoms with Crippen LogP contribution in [-0.2, 0) is 4.79 Å². The SMILES string of the molecule is CC(=O)Nc1ccc(C)c(NC(=O)c2nc(-c3cccs3)n(-c3ccc(F)cc3)n2)c1. The third-order valence-corrected chi connectivity index (χ3v) is 5.29. The second kappa shape index (κ2) is 8.49. The number of rotatable bonds is 5. The lowest BCUT2D eigenvalue weighted by Crippen LogP contribution is -2.15. The Morgan fingerprint density at radius 1 is 1.06 bits per heavy atom. The molecule has 0 bridgehead atoms. The molecule has 7 nitrogen and oxygen atoms in total. The van der Waals surface area contributed by atoms with Crippen LogP contribution in [0, 0.1) is 12.7 Å². The number of hydrogen-bond acceptors (Lipinski definition) is 5. The van der Waals surface area contributed by atoms with Gasteiger partial charge in [0.15, 0.2) is 5.82 Å². The summed E-state index contributed by atoms with van der Waals surface area (Å²) in [7, 11) is 0. The van der Waals surface area contributed by atoms with Crippen molar-refractivity contribution in [1.29, 1.82) is 0 Å². The molecule has 0 radical (unpaired) electrons. The van der Waals surface area contributed by atoms with Gasteiger partial charge in [0.1, 0.15) is 5.82 Å². The van der Waals surface area contributed by atoms with E-state index < -0.39 is 5.91 Å². The van der Waals surface area contributed by atoms with Gasteiger partial charge < -0.3 is 10.6 Å². The molecule has 0 aliphatic carbocycles. The average molecular weight is 435 g/mol. The van der Waals surface area contributed by atoms with Crippen LogP contribution >= 0.6 is 11.3 Å². The van der Waals surface area contributed by atoms with E-state index in [9.17, 15) is 14.0 Å². The smallest absolute Gasteiger partial charge is 0.295 e. The zero-order valence-corrected chi connectivity index (χ0v) is 17.5. The van der Waals surface area contributed by atoms with Crippen LogP contribution in [0.15, 0.2) is 60.0 Å². The maximum atomic E-state index is 13.4. The van der Waals surface area contributed by atoms with Crippen LogP contribution in [0.2, 0.25) is 0 Å². The predicted molar refractivity (Wildman–Crippen MR) is 118 cm³/mol. The number of benzene rings is 2. The maximum Gasteiger partial charge on any atom is 0.295 e. The molecule has 0 aliphatic heterocycles. The second-order valence-electron chi connectivity index (χ2n) is 6.79. The molecule has 2 aromatic heterocycles. The number of thiophene rings is 1. The number of aromatic nitrogens is 3. The Hall–Kier alpha value is -3.85. The van der Waals surface area contributed by atoms with Crippen molar-refractivity contribution in [3.05, 3.63) is 77.2 Å². The molecule has 4 rings (SSSR count). The van der Waals surface area contributed by atoms with Crippen LogP contribution < -0.4 is 10.6 Å². The molecule has 4 aromatic rings. The molecule has 0 aliphatic rings. The summed E-state index contributed by atoms with van der Waals surface area (Å²) >= 11 is 1.46. The van der Waals surface area contributed by atoms with Gasteiger partial charge in [-0.25, -0.2) is 14.1 Å². The van der Waals surface area contributed by atoms with Gasteiger partial charge in [-0.2, -0.15) is 0 Å². The summed E-state index contributed by atoms with van der Waals surface area (Å²) in [5.74, 6) is -0.621. The second-order valence-corrected chi connectivity index (χ2v) is 7.74. The van der Waals surface area contributed by atoms with Crippen molar-refractivity contribution in [1.82, 2.24) is 14.8 Å². The Morgan fingerprint density at radius 3 is 2.52 bits per heavy atom. The third-order valence-electron chi connectivity index (χ3n) is 4.43. The molecule has 9 heteroatoms. The Labute approximate surface area is 181 Å². The highest BCUT2D eigenvalue weighted by Gasteiger charge is 2.20. The number of hydrogen-bond donors (Lipinski definition) is 2. The Morgan fingerprint density at radius 2 is 1.84 bits per heavy atom. The van der Waals surface area contributed by atoms with E-state index in [-0.39, 0.29) is 17.5 Å². The molecular weight excluding hydrogens is 417 g/mol. The molecular formula is C22H18FN5O2S. The molecule has 156 valence electrons. The monoisotopic (exact) mass is 435 g/mol. The van der Waals surface area contributed by atoms with Crippen LogP contribution in [0.5, 0.6) is 0 Å². The number of nitrogens with zero attached hydrogens (tertiary/aromatic N) is 3. The zero-order valence-electron chi connectivity index (χ0n) is 16.7. The predicted octanol–water partition coefficient (Wildman–Crippen LogP) is 4.65. The lowest BCUT2D eigenvalue weighted by molar-refractivity contribution is -0.114. The fraction of sp³-hybridized carbons (Fsp3) is 0.0909. The van der Waals surface area contributed by atoms with Crippen molar-refractivity contribution in [2.24, 2.45) is 0 Å². The van der Waals surface area contributed by atoms with Crippen LogP contribution in [-0.4, -0.2) is 26.6 Å². The van der Waals surface area contributed by atoms with Gasteiger partial charge in [0, 0.05) is 18.3 Å². The highest BCUT2D eigenvalue weighted by atomic mass is 32.1. The van der Waals surface area contributed by atoms with Crippen LogP contribution in [0.4, 0.5) is 15.8 Å². The Bertz CT molecular complexity index is 1250. The van der Waals surface area contributed by atoms with Crippen molar-refractivity contribution >= 4 is 34.5 Å². The Kier molecular flexibility index (Phi) is 5.59. The normalized spacial score (nSPS) is 10.7. The van der Waals surface area contributed by atoms with Crippen LogP contribution in [0.3, 0.4) is 0 Å². The topological polar surface area (TPSA) is 88.9 Å². The van der Waals surface area contributed by atoms with E-state index in [0.717, 1.165) is 10.4 Å². The molecule has 0 saturated heterocycles. The van der Waals surface area contributed by atoms with E-state index in [1.807, 2.05) is 24.4 Å². The van der Waals surface area contributed by atoms with Gasteiger partial charge >= 0.3 is 0 Å². The molecule has 2 heterocycles. The molecule has 0 saturated carbocycles. The standard InChI is InChI=1S/C22H18FN5O2S/c1-13-5-8-16(24-14(2)29)12-18(13)25-22(30)20-26-21(19-4-3-11-31-19)28(27-20)17-9-6-15(23)7-10-17/h3-12H,1-2H3,(H,24,29)(H,25,30). The minimum Gasteiger partial charge on any atom is -0.326 e. The number of anilines is 2. The van der Waals surface area contributed by atoms with Gasteiger partial charge in [-0.05, 0) is 60.3 Å². The molecule has 31 heavy (non-hydrogen) atoms. The average Bonchev–Trinajstić information content (AvgIpc) is 3.40. The molecule has 0 spiro atoms. The van der Waals surface area contributed by atoms with E-state index in [0.29, 0.717) is 22.9 Å². The third kappa shape index (κ3) is 4.51. The van der Waals surface area contributed by atoms with E-state index >= 15 is 0 Å². The lowest BCUT2D eigenvalue weighted by Gasteiger charge is -2.09. The Balaban J connectivity index is 1.68. The summed E-state index contributed by atoms with van der Waals surface area (Å²) in [6.45, 7) is 3.25. The highest BCUT2D eigenvalue weighted by molar-refractivity contribution is 7.13. The van der Waals surface area contributed by atoms with E-state index in [1.54, 1.807) is 30.3 Å². The van der Waals surface area contributed by atoms with Gasteiger partial charge in [-0.1, -0.05) is 12.1 Å². The van der Waals surface area contributed by atoms with E-state index in [4.69, 9.17) is 0 Å². The molecule has 2 amide bonds. The molecule has 2 aromatic carbocycles. The van der Waals surface area contributed by atoms with E-state index in [2.05, 4.69) is 20.7 Å². The number of carbonyl (C=O) groups excluding carboxylic acids is 2. The summed E-state index contributed by atoms with van der Waals surface area (Å²) in [6, 6.07) is 14.8. The van der Waals surface area contributed by atoms with Crippen molar-refractivity contribution < 1.29 is 14.0 Å². The maximum absolute atomic E-state index is 13.4. The first kappa shape index (κ1) is 20.4. The number of carbonyl (C=O) groups is 2. The largest absolute Gasteiger partial charge is 0.326 e. The van der Waals surface area contributed by atoms with E-state index in [1.165, 1.54) is 35.1 Å². The number of amides is 2. The highest BCUT2D eigenvalue weighted by Crippen LogP contribution is 2.26. The number of aryl methyl sites for hydroxylation is 1. The number of halogens is 1. The fourth-order valence-electron chi connectivity index (χ4n) is 2.95. The minimum atomic E-state index is -0.498. The quantitative estimate of drug-likeness (QED) is 0.477. The van der Waals surface area contributed by atoms with Gasteiger partial charge in [0.25, 0.3) is 5.91 Å². The zero-order chi connectivity index (χ0) is 22.0. The summed E-state index contributed by atoms with van der Waals surface area (Å²) in [5, 5.41) is 11.8. The molecule has 0 fully saturated rings. The van der Waals surface area contributed by atoms with Crippen LogP contribution in [0.25, 0.3) is 16.4 Å². The fourth-order valence-corrected chi connectivity index (χ4v) is 3.65. The first-order valence-corrected chi connectivity index (χ1v) is 10.2. The van der Waals surface area contributed by atoms with Gasteiger partial charge in [0.2, 0.25) is 11.7 Å². The van der Waals surface area contributed by atoms with Crippen molar-refractivity contribution in [2.75, 3.05) is 10.6 Å². The van der Waals surface area contributed by atoms with Crippen molar-refractivity contribution in [3.8, 4) is 16.4 Å². The molecule has 0 unspecified atom stereocenters. The first-order valence-electron chi connectivity index (χ1n) is 9.37. The molecule has 0 atom stereocenters. The number of nitrogens with one attached hydrogen (secondary N) is 2. The van der Waals surface area contributed by atoms with Crippen molar-refractivity contribution in [2.45, 2.75) is 13.8 Å². The first-order chi connectivity index (χ1) is 14.9. The summed E-state index contributed by atoms with van der Waals surface area (Å²) < 4.78 is 14.9. The summed E-state index contributed by atoms with van der Waals surface area (Å²) in [4.78, 5) is 29.5. The molecule has 2 N–H and O–H groups in total. The summed E-state index contributed by atoms with van der Waals surface area (Å²) in [6.07, 6.45) is 0. The summed E-state index contributed by atoms with van der Waals surface area (Å²) in [5.41, 5.74) is 2.50.